The summed E-state index contributed by atoms with van der Waals surface area (Å²) >= 11 is 1.31. The number of aromatic amines is 1. The lowest BCUT2D eigenvalue weighted by Crippen LogP contribution is -2.27. The Hall–Kier alpha value is -2.74. The van der Waals surface area contributed by atoms with Gasteiger partial charge in [0.15, 0.2) is 0 Å². The fourth-order valence-electron chi connectivity index (χ4n) is 2.88. The van der Waals surface area contributed by atoms with Crippen molar-refractivity contribution >= 4 is 35.1 Å². The van der Waals surface area contributed by atoms with Gasteiger partial charge in [-0.15, -0.1) is 11.8 Å². The summed E-state index contributed by atoms with van der Waals surface area (Å²) in [5, 5.41) is 3.18. The number of nitrogens with two attached hydrogens (primary N) is 1. The summed E-state index contributed by atoms with van der Waals surface area (Å²) in [4.78, 5) is 40.0. The van der Waals surface area contributed by atoms with Crippen LogP contribution in [0.3, 0.4) is 0 Å². The topological polar surface area (TPSA) is 114 Å². The molecule has 28 heavy (non-hydrogen) atoms. The Bertz CT molecular complexity index is 892. The van der Waals surface area contributed by atoms with Crippen LogP contribution in [0.2, 0.25) is 0 Å². The van der Waals surface area contributed by atoms with E-state index in [9.17, 15) is 14.4 Å². The number of ketones is 1. The third-order valence-electron chi connectivity index (χ3n) is 4.19. The molecule has 2 aromatic rings. The number of para-hydroxylation sites is 1. The lowest BCUT2D eigenvalue weighted by molar-refractivity contribution is -0.115. The largest absolute Gasteiger partial charge is 0.462 e. The number of hydrogen-bond acceptors (Lipinski definition) is 6. The quantitative estimate of drug-likeness (QED) is 0.337. The van der Waals surface area contributed by atoms with Crippen molar-refractivity contribution in [3.05, 3.63) is 46.8 Å². The zero-order valence-electron chi connectivity index (χ0n) is 16.4. The number of thioether (sulfide) groups is 1. The molecule has 1 aromatic carbocycles. The predicted octanol–water partition coefficient (Wildman–Crippen LogP) is 3.07. The Kier molecular flexibility index (Phi) is 7.28. The second-order valence-electron chi connectivity index (χ2n) is 6.33. The van der Waals surface area contributed by atoms with E-state index in [-0.39, 0.29) is 18.1 Å². The molecule has 1 aromatic heterocycles. The first-order valence-corrected chi connectivity index (χ1v) is 9.91. The molecule has 0 aliphatic heterocycles. The third kappa shape index (κ3) is 4.95. The second-order valence-corrected chi connectivity index (χ2v) is 7.34. The van der Waals surface area contributed by atoms with E-state index in [4.69, 9.17) is 10.5 Å². The molecule has 0 unspecified atom stereocenters. The van der Waals surface area contributed by atoms with Crippen molar-refractivity contribution in [3.8, 4) is 0 Å². The molecule has 0 bridgehead atoms. The van der Waals surface area contributed by atoms with E-state index in [0.717, 1.165) is 10.6 Å². The number of ether oxygens (including phenoxy) is 1. The van der Waals surface area contributed by atoms with Gasteiger partial charge >= 0.3 is 5.97 Å². The van der Waals surface area contributed by atoms with E-state index in [1.807, 2.05) is 24.3 Å². The summed E-state index contributed by atoms with van der Waals surface area (Å²) in [6, 6.07) is 6.84. The number of nitrogens with one attached hydrogen (secondary N) is 2. The van der Waals surface area contributed by atoms with Gasteiger partial charge in [0.1, 0.15) is 0 Å². The Morgan fingerprint density at radius 3 is 2.57 bits per heavy atom. The molecular formula is C20H25N3O4S. The molecule has 0 fully saturated rings. The van der Waals surface area contributed by atoms with Gasteiger partial charge in [-0.05, 0) is 45.4 Å². The monoisotopic (exact) mass is 403 g/mol. The van der Waals surface area contributed by atoms with E-state index in [1.54, 1.807) is 27.7 Å². The molecular weight excluding hydrogens is 378 g/mol. The number of rotatable bonds is 9. The predicted molar refractivity (Wildman–Crippen MR) is 110 cm³/mol. The number of benzene rings is 1. The number of aryl methyl sites for hydroxylation is 1. The molecule has 8 heteroatoms. The summed E-state index contributed by atoms with van der Waals surface area (Å²) < 4.78 is 5.07. The van der Waals surface area contributed by atoms with E-state index in [2.05, 4.69) is 10.3 Å². The molecule has 1 heterocycles. The summed E-state index contributed by atoms with van der Waals surface area (Å²) in [6.07, 6.45) is 0. The molecule has 0 aliphatic carbocycles. The number of anilines is 1. The van der Waals surface area contributed by atoms with E-state index in [0.29, 0.717) is 22.5 Å². The summed E-state index contributed by atoms with van der Waals surface area (Å²) in [6.45, 7) is 7.22. The highest BCUT2D eigenvalue weighted by Gasteiger charge is 2.26. The first kappa shape index (κ1) is 21.6. The molecule has 4 N–H and O–H groups in total. The zero-order chi connectivity index (χ0) is 20.8. The van der Waals surface area contributed by atoms with Crippen LogP contribution in [0.25, 0.3) is 0 Å². The molecule has 0 saturated carbocycles. The molecule has 0 spiro atoms. The highest BCUT2D eigenvalue weighted by Crippen LogP contribution is 2.28. The normalized spacial score (nSPS) is 11.7. The van der Waals surface area contributed by atoms with Crippen LogP contribution in [0.1, 0.15) is 46.0 Å². The van der Waals surface area contributed by atoms with Gasteiger partial charge in [-0.3, -0.25) is 9.59 Å². The highest BCUT2D eigenvalue weighted by molar-refractivity contribution is 8.00. The van der Waals surface area contributed by atoms with Gasteiger partial charge in [-0.2, -0.15) is 0 Å². The van der Waals surface area contributed by atoms with E-state index in [1.165, 1.54) is 11.8 Å². The van der Waals surface area contributed by atoms with Crippen LogP contribution in [-0.4, -0.2) is 41.0 Å². The smallest absolute Gasteiger partial charge is 0.340 e. The van der Waals surface area contributed by atoms with Crippen LogP contribution in [0.15, 0.2) is 29.2 Å². The van der Waals surface area contributed by atoms with Gasteiger partial charge < -0.3 is 20.8 Å². The Balaban J connectivity index is 2.21. The maximum Gasteiger partial charge on any atom is 0.340 e. The van der Waals surface area contributed by atoms with Crippen LogP contribution in [0.5, 0.6) is 0 Å². The molecule has 150 valence electrons. The molecule has 0 saturated heterocycles. The van der Waals surface area contributed by atoms with E-state index >= 15 is 0 Å². The number of Topliss-reactive ketones (excluding diaryl/α,β-unsaturated/α-hetero) is 1. The number of aromatic nitrogens is 1. The molecule has 7 nitrogen and oxygen atoms in total. The fourth-order valence-corrected chi connectivity index (χ4v) is 3.64. The van der Waals surface area contributed by atoms with Crippen molar-refractivity contribution < 1.29 is 19.1 Å². The van der Waals surface area contributed by atoms with Gasteiger partial charge in [-0.1, -0.05) is 12.1 Å². The van der Waals surface area contributed by atoms with Crippen LogP contribution in [0, 0.1) is 13.8 Å². The molecule has 1 atom stereocenters. The number of amides is 1. The number of carbonyl (C=O) groups is 3. The Morgan fingerprint density at radius 2 is 1.93 bits per heavy atom. The van der Waals surface area contributed by atoms with Crippen LogP contribution < -0.4 is 11.1 Å². The van der Waals surface area contributed by atoms with Gasteiger partial charge in [0.25, 0.3) is 0 Å². The van der Waals surface area contributed by atoms with Crippen LogP contribution >= 0.6 is 11.8 Å². The Morgan fingerprint density at radius 1 is 1.25 bits per heavy atom. The minimum atomic E-state index is -0.554. The number of primary amides is 1. The van der Waals surface area contributed by atoms with Crippen LogP contribution in [0.4, 0.5) is 5.69 Å². The number of H-pyrrole nitrogens is 1. The molecule has 0 aliphatic rings. The van der Waals surface area contributed by atoms with Crippen molar-refractivity contribution in [2.45, 2.75) is 38.6 Å². The van der Waals surface area contributed by atoms with Crippen molar-refractivity contribution in [2.75, 3.05) is 17.7 Å². The first-order chi connectivity index (χ1) is 13.3. The second kappa shape index (κ2) is 9.45. The molecule has 1 amide bonds. The maximum atomic E-state index is 13.0. The van der Waals surface area contributed by atoms with Crippen LogP contribution in [-0.2, 0) is 9.53 Å². The maximum absolute atomic E-state index is 13.0. The minimum Gasteiger partial charge on any atom is -0.462 e. The minimum absolute atomic E-state index is 0.152. The standard InChI is InChI=1S/C20H25N3O4S/c1-5-27-20(26)17-11(2)18(23-12(17)3)19(25)13(4)22-14-8-6-7-9-15(14)28-10-16(21)24/h6-9,13,22-23H,5,10H2,1-4H3,(H2,21,24)/t13-/m0/s1. The zero-order valence-corrected chi connectivity index (χ0v) is 17.2. The van der Waals surface area contributed by atoms with Gasteiger partial charge in [-0.25, -0.2) is 4.79 Å². The number of esters is 1. The average Bonchev–Trinajstić information content (AvgIpc) is 2.94. The van der Waals surface area contributed by atoms with Crippen molar-refractivity contribution in [1.82, 2.24) is 4.98 Å². The van der Waals surface area contributed by atoms with Gasteiger partial charge in [0.05, 0.1) is 29.7 Å². The van der Waals surface area contributed by atoms with Gasteiger partial charge in [0, 0.05) is 16.3 Å². The van der Waals surface area contributed by atoms with Crippen molar-refractivity contribution in [2.24, 2.45) is 5.73 Å². The number of hydrogen-bond donors (Lipinski definition) is 3. The van der Waals surface area contributed by atoms with Crippen molar-refractivity contribution in [3.63, 3.8) is 0 Å². The summed E-state index contributed by atoms with van der Waals surface area (Å²) in [7, 11) is 0. The number of carbonyl (C=O) groups excluding carboxylic acids is 3. The van der Waals surface area contributed by atoms with Gasteiger partial charge in [0.2, 0.25) is 11.7 Å². The molecule has 2 rings (SSSR count). The summed E-state index contributed by atoms with van der Waals surface area (Å²) in [5.74, 6) is -0.876. The lowest BCUT2D eigenvalue weighted by Gasteiger charge is -2.17. The molecule has 0 radical (unpaired) electrons. The summed E-state index contributed by atoms with van der Waals surface area (Å²) in [5.41, 5.74) is 7.91. The first-order valence-electron chi connectivity index (χ1n) is 8.93. The third-order valence-corrected chi connectivity index (χ3v) is 5.28. The fraction of sp³-hybridized carbons (Fsp3) is 0.350. The van der Waals surface area contributed by atoms with E-state index < -0.39 is 17.9 Å². The highest BCUT2D eigenvalue weighted by atomic mass is 32.2. The lowest BCUT2D eigenvalue weighted by atomic mass is 10.0. The van der Waals surface area contributed by atoms with Crippen molar-refractivity contribution in [1.29, 1.82) is 0 Å². The average molecular weight is 404 g/mol. The Labute approximate surface area is 168 Å². The SMILES string of the molecule is CCOC(=O)c1c(C)[nH]c(C(=O)[C@H](C)Nc2ccccc2SCC(N)=O)c1C.